The molecule has 4 nitrogen and oxygen atoms in total. The third kappa shape index (κ3) is 3.26. The Hall–Kier alpha value is -2.40. The maximum atomic E-state index is 12.5. The fourth-order valence-corrected chi connectivity index (χ4v) is 3.42. The number of ketones is 1. The molecule has 0 bridgehead atoms. The molecule has 1 atom stereocenters. The summed E-state index contributed by atoms with van der Waals surface area (Å²) in [4.78, 5) is 12.5. The van der Waals surface area contributed by atoms with Crippen molar-refractivity contribution in [2.75, 3.05) is 0 Å². The van der Waals surface area contributed by atoms with Gasteiger partial charge in [-0.25, -0.2) is 0 Å². The van der Waals surface area contributed by atoms with Crippen molar-refractivity contribution >= 4 is 17.5 Å². The van der Waals surface area contributed by atoms with E-state index >= 15 is 0 Å². The molecule has 0 fully saturated rings. The summed E-state index contributed by atoms with van der Waals surface area (Å²) < 4.78 is 1.95. The molecule has 0 saturated heterocycles. The highest BCUT2D eigenvalue weighted by Crippen LogP contribution is 2.28. The summed E-state index contributed by atoms with van der Waals surface area (Å²) in [7, 11) is 1.93. The van der Waals surface area contributed by atoms with Gasteiger partial charge in [0.15, 0.2) is 16.8 Å². The summed E-state index contributed by atoms with van der Waals surface area (Å²) >= 11 is 1.43. The molecule has 0 saturated carbocycles. The Morgan fingerprint density at radius 2 is 1.71 bits per heavy atom. The van der Waals surface area contributed by atoms with Gasteiger partial charge in [-0.2, -0.15) is 0 Å². The van der Waals surface area contributed by atoms with Crippen LogP contribution in [-0.4, -0.2) is 25.8 Å². The minimum absolute atomic E-state index is 0.0982. The largest absolute Gasteiger partial charge is 0.305 e. The molecule has 0 unspecified atom stereocenters. The lowest BCUT2D eigenvalue weighted by Gasteiger charge is -2.10. The first-order valence-corrected chi connectivity index (χ1v) is 8.67. The van der Waals surface area contributed by atoms with Crippen LogP contribution in [-0.2, 0) is 7.05 Å². The van der Waals surface area contributed by atoms with Gasteiger partial charge < -0.3 is 4.57 Å². The number of carbonyl (C=O) groups excluding carboxylic acids is 1. The molecule has 2 aromatic carbocycles. The normalized spacial score (nSPS) is 12.1. The molecule has 0 N–H and O–H groups in total. The molecule has 5 heteroatoms. The molecular formula is C19H19N3OS. The van der Waals surface area contributed by atoms with Crippen LogP contribution in [0.15, 0.2) is 59.8 Å². The quantitative estimate of drug-likeness (QED) is 0.518. The molecule has 0 spiro atoms. The molecule has 1 heterocycles. The van der Waals surface area contributed by atoms with Gasteiger partial charge in [-0.1, -0.05) is 66.4 Å². The van der Waals surface area contributed by atoms with Gasteiger partial charge in [-0.05, 0) is 19.4 Å². The molecule has 122 valence electrons. The Balaban J connectivity index is 1.82. The molecule has 3 aromatic rings. The van der Waals surface area contributed by atoms with E-state index in [1.807, 2.05) is 67.1 Å². The lowest BCUT2D eigenvalue weighted by atomic mass is 10.1. The number of hydrogen-bond acceptors (Lipinski definition) is 4. The fourth-order valence-electron chi connectivity index (χ4n) is 2.52. The number of Topliss-reactive ketones (excluding diaryl/α,β-unsaturated/α-hetero) is 1. The smallest absolute Gasteiger partial charge is 0.191 e. The van der Waals surface area contributed by atoms with Gasteiger partial charge >= 0.3 is 0 Å². The summed E-state index contributed by atoms with van der Waals surface area (Å²) in [5, 5.41) is 9.10. The highest BCUT2D eigenvalue weighted by atomic mass is 32.2. The SMILES string of the molecule is Cc1ccccc1-c1nnc(S[C@@H](C)C(=O)c2ccccc2)n1C. The number of thioether (sulfide) groups is 1. The van der Waals surface area contributed by atoms with Gasteiger partial charge in [0.25, 0.3) is 0 Å². The highest BCUT2D eigenvalue weighted by molar-refractivity contribution is 8.00. The zero-order valence-corrected chi connectivity index (χ0v) is 14.7. The number of hydrogen-bond donors (Lipinski definition) is 0. The van der Waals surface area contributed by atoms with Gasteiger partial charge in [-0.15, -0.1) is 10.2 Å². The van der Waals surface area contributed by atoms with Crippen molar-refractivity contribution < 1.29 is 4.79 Å². The third-order valence-corrected chi connectivity index (χ3v) is 5.06. The van der Waals surface area contributed by atoms with E-state index in [-0.39, 0.29) is 11.0 Å². The van der Waals surface area contributed by atoms with Gasteiger partial charge in [0.05, 0.1) is 5.25 Å². The first-order chi connectivity index (χ1) is 11.6. The predicted molar refractivity (Wildman–Crippen MR) is 97.3 cm³/mol. The first kappa shape index (κ1) is 16.5. The van der Waals surface area contributed by atoms with E-state index in [2.05, 4.69) is 23.2 Å². The van der Waals surface area contributed by atoms with Crippen LogP contribution in [0.3, 0.4) is 0 Å². The van der Waals surface area contributed by atoms with Gasteiger partial charge in [0.2, 0.25) is 0 Å². The second-order valence-corrected chi connectivity index (χ2v) is 6.98. The average molecular weight is 337 g/mol. The van der Waals surface area contributed by atoms with Crippen LogP contribution in [0, 0.1) is 6.92 Å². The molecule has 24 heavy (non-hydrogen) atoms. The van der Waals surface area contributed by atoms with Crippen molar-refractivity contribution in [3.05, 3.63) is 65.7 Å². The zero-order chi connectivity index (χ0) is 17.1. The summed E-state index contributed by atoms with van der Waals surface area (Å²) in [5.41, 5.74) is 2.93. The van der Waals surface area contributed by atoms with Crippen molar-refractivity contribution in [3.63, 3.8) is 0 Å². The highest BCUT2D eigenvalue weighted by Gasteiger charge is 2.20. The zero-order valence-electron chi connectivity index (χ0n) is 13.9. The molecule has 1 aromatic heterocycles. The standard InChI is InChI=1S/C19H19N3OS/c1-13-9-7-8-12-16(13)18-20-21-19(22(18)3)24-14(2)17(23)15-10-5-4-6-11-15/h4-12,14H,1-3H3/t14-/m0/s1. The Labute approximate surface area is 145 Å². The van der Waals surface area contributed by atoms with Gasteiger partial charge in [0, 0.05) is 18.2 Å². The summed E-state index contributed by atoms with van der Waals surface area (Å²) in [6, 6.07) is 17.4. The lowest BCUT2D eigenvalue weighted by Crippen LogP contribution is -2.14. The van der Waals surface area contributed by atoms with Crippen LogP contribution in [0.1, 0.15) is 22.8 Å². The number of benzene rings is 2. The third-order valence-electron chi connectivity index (χ3n) is 3.93. The summed E-state index contributed by atoms with van der Waals surface area (Å²) in [5.74, 6) is 0.913. The number of carbonyl (C=O) groups is 1. The molecule has 0 radical (unpaired) electrons. The van der Waals surface area contributed by atoms with Crippen LogP contribution in [0.5, 0.6) is 0 Å². The van der Waals surface area contributed by atoms with Crippen LogP contribution in [0.2, 0.25) is 0 Å². The molecule has 0 aliphatic carbocycles. The molecule has 3 rings (SSSR count). The van der Waals surface area contributed by atoms with E-state index in [9.17, 15) is 4.79 Å². The number of aryl methyl sites for hydroxylation is 1. The topological polar surface area (TPSA) is 47.8 Å². The fraction of sp³-hybridized carbons (Fsp3) is 0.211. The van der Waals surface area contributed by atoms with Crippen molar-refractivity contribution in [2.45, 2.75) is 24.3 Å². The van der Waals surface area contributed by atoms with Crippen LogP contribution < -0.4 is 0 Å². The van der Waals surface area contributed by atoms with E-state index in [0.29, 0.717) is 0 Å². The summed E-state index contributed by atoms with van der Waals surface area (Å²) in [6.07, 6.45) is 0. The lowest BCUT2D eigenvalue weighted by molar-refractivity contribution is 0.0994. The van der Waals surface area contributed by atoms with Crippen molar-refractivity contribution in [2.24, 2.45) is 7.05 Å². The van der Waals surface area contributed by atoms with Crippen LogP contribution in [0.4, 0.5) is 0 Å². The van der Waals surface area contributed by atoms with Crippen molar-refractivity contribution in [1.29, 1.82) is 0 Å². The molecular weight excluding hydrogens is 318 g/mol. The molecule has 0 aliphatic rings. The second-order valence-electron chi connectivity index (χ2n) is 5.67. The average Bonchev–Trinajstić information content (AvgIpc) is 2.96. The first-order valence-electron chi connectivity index (χ1n) is 7.79. The van der Waals surface area contributed by atoms with E-state index < -0.39 is 0 Å². The maximum absolute atomic E-state index is 12.5. The summed E-state index contributed by atoms with van der Waals surface area (Å²) in [6.45, 7) is 3.96. The Kier molecular flexibility index (Phi) is 4.81. The monoisotopic (exact) mass is 337 g/mol. The molecule has 0 amide bonds. The van der Waals surface area contributed by atoms with E-state index in [1.54, 1.807) is 0 Å². The van der Waals surface area contributed by atoms with Crippen molar-refractivity contribution in [1.82, 2.24) is 14.8 Å². The minimum atomic E-state index is -0.222. The van der Waals surface area contributed by atoms with Gasteiger partial charge in [0.1, 0.15) is 0 Å². The molecule has 0 aliphatic heterocycles. The number of nitrogens with zero attached hydrogens (tertiary/aromatic N) is 3. The minimum Gasteiger partial charge on any atom is -0.305 e. The maximum Gasteiger partial charge on any atom is 0.191 e. The van der Waals surface area contributed by atoms with E-state index in [0.717, 1.165) is 27.7 Å². The van der Waals surface area contributed by atoms with Gasteiger partial charge in [-0.3, -0.25) is 4.79 Å². The number of rotatable bonds is 5. The van der Waals surface area contributed by atoms with Crippen LogP contribution in [0.25, 0.3) is 11.4 Å². The van der Waals surface area contributed by atoms with E-state index in [1.165, 1.54) is 11.8 Å². The number of aromatic nitrogens is 3. The second kappa shape index (κ2) is 7.01. The Morgan fingerprint density at radius 1 is 1.04 bits per heavy atom. The Morgan fingerprint density at radius 3 is 2.42 bits per heavy atom. The Bertz CT molecular complexity index is 858. The van der Waals surface area contributed by atoms with E-state index in [4.69, 9.17) is 0 Å². The van der Waals surface area contributed by atoms with Crippen LogP contribution >= 0.6 is 11.8 Å². The predicted octanol–water partition coefficient (Wildman–Crippen LogP) is 4.15. The van der Waals surface area contributed by atoms with Crippen molar-refractivity contribution in [3.8, 4) is 11.4 Å².